The Hall–Kier alpha value is -5.45. The molecule has 18 heteroatoms. The van der Waals surface area contributed by atoms with Crippen molar-refractivity contribution in [1.29, 1.82) is 0 Å². The van der Waals surface area contributed by atoms with E-state index in [0.29, 0.717) is 52.6 Å². The summed E-state index contributed by atoms with van der Waals surface area (Å²) in [6, 6.07) is 9.86. The first-order valence-electron chi connectivity index (χ1n) is 14.7. The highest BCUT2D eigenvalue weighted by molar-refractivity contribution is 6.31. The summed E-state index contributed by atoms with van der Waals surface area (Å²) in [7, 11) is 1.81. The number of carbonyl (C=O) groups is 2. The van der Waals surface area contributed by atoms with Crippen LogP contribution >= 0.6 is 11.6 Å². The molecule has 5 heterocycles. The maximum absolute atomic E-state index is 13.7. The molecule has 6 rings (SSSR count). The fourth-order valence-corrected chi connectivity index (χ4v) is 5.44. The molecule has 4 aromatic heterocycles. The van der Waals surface area contributed by atoms with Gasteiger partial charge in [0.2, 0.25) is 5.91 Å². The van der Waals surface area contributed by atoms with E-state index in [4.69, 9.17) is 21.5 Å². The zero-order chi connectivity index (χ0) is 35.5. The molecule has 49 heavy (non-hydrogen) atoms. The number of rotatable bonds is 4. The summed E-state index contributed by atoms with van der Waals surface area (Å²) in [4.78, 5) is 44.8. The second kappa shape index (κ2) is 14.3. The highest BCUT2D eigenvalue weighted by Crippen LogP contribution is 2.33. The molecule has 2 bridgehead atoms. The fraction of sp³-hybridized carbons (Fsp3) is 0.290. The number of anilines is 1. The van der Waals surface area contributed by atoms with Gasteiger partial charge in [0.15, 0.2) is 0 Å². The number of alkyl halides is 4. The third-order valence-electron chi connectivity index (χ3n) is 7.73. The summed E-state index contributed by atoms with van der Waals surface area (Å²) in [5, 5.41) is 22.8. The number of carboxylic acid groups (broad SMARTS) is 1. The van der Waals surface area contributed by atoms with Gasteiger partial charge in [-0.1, -0.05) is 30.2 Å². The first kappa shape index (κ1) is 34.9. The molecule has 1 aliphatic heterocycles. The summed E-state index contributed by atoms with van der Waals surface area (Å²) < 4.78 is 49.6. The number of nitrogens with one attached hydrogen (secondary N) is 1. The summed E-state index contributed by atoms with van der Waals surface area (Å²) in [5.41, 5.74) is 4.25. The fourth-order valence-electron chi connectivity index (χ4n) is 5.27. The van der Waals surface area contributed by atoms with Crippen LogP contribution in [0.2, 0.25) is 5.02 Å². The molecule has 5 aromatic rings. The van der Waals surface area contributed by atoms with E-state index in [2.05, 4.69) is 30.7 Å². The molecular formula is C31H28ClF4N9O4. The predicted octanol–water partition coefficient (Wildman–Crippen LogP) is 5.39. The standard InChI is InChI=1S/C29H27ClFN9O2.C2HF3O2/c1-17-4-3-5-26(23-10-18(8-9-32-23)28-24(35-29(17)42)14-34-38(28)2)39-16-33-22(12-27(39)41)21-11-19(30)6-7-25(21)40-15-20(13-31)36-37-40;3-2(4,5)1(6)7/h6-12,14-17,26H,3-5,13H2,1-2H3,(H,35,42);(H,6,7)/t17-,26+;/m1./s1. The van der Waals surface area contributed by atoms with E-state index in [-0.39, 0.29) is 23.1 Å². The number of halogens is 5. The van der Waals surface area contributed by atoms with Crippen molar-refractivity contribution in [1.82, 2.24) is 39.3 Å². The van der Waals surface area contributed by atoms with Crippen LogP contribution in [0.3, 0.4) is 0 Å². The Bertz CT molecular complexity index is 2060. The smallest absolute Gasteiger partial charge is 0.475 e. The third kappa shape index (κ3) is 7.83. The van der Waals surface area contributed by atoms with E-state index in [1.165, 1.54) is 23.3 Å². The molecule has 0 unspecified atom stereocenters. The van der Waals surface area contributed by atoms with Gasteiger partial charge in [-0.3, -0.25) is 23.8 Å². The minimum absolute atomic E-state index is 0.0813. The van der Waals surface area contributed by atoms with Crippen molar-refractivity contribution >= 4 is 29.2 Å². The zero-order valence-corrected chi connectivity index (χ0v) is 26.7. The Balaban J connectivity index is 0.000000606. The number of hydrogen-bond acceptors (Lipinski definition) is 8. The molecule has 1 aromatic carbocycles. The van der Waals surface area contributed by atoms with Crippen LogP contribution in [0.25, 0.3) is 28.2 Å². The molecule has 2 atom stereocenters. The monoisotopic (exact) mass is 701 g/mol. The molecule has 0 fully saturated rings. The lowest BCUT2D eigenvalue weighted by molar-refractivity contribution is -0.192. The van der Waals surface area contributed by atoms with E-state index in [0.717, 1.165) is 11.3 Å². The SMILES string of the molecule is C[C@@H]1CCC[C@H](n2cnc(-c3cc(Cl)ccc3-n3cc(CF)nn3)cc2=O)c2cc(ccn2)-c2c(cnn2C)NC1=O.O=C(O)C(F)(F)F. The van der Waals surface area contributed by atoms with Gasteiger partial charge in [0.25, 0.3) is 5.56 Å². The van der Waals surface area contributed by atoms with Gasteiger partial charge in [0.05, 0.1) is 53.2 Å². The molecule has 0 radical (unpaired) electrons. The van der Waals surface area contributed by atoms with Gasteiger partial charge in [0, 0.05) is 41.4 Å². The number of amides is 1. The average molecular weight is 702 g/mol. The second-order valence-corrected chi connectivity index (χ2v) is 11.5. The normalized spacial score (nSPS) is 16.3. The first-order chi connectivity index (χ1) is 23.3. The number of aryl methyl sites for hydroxylation is 1. The van der Waals surface area contributed by atoms with Gasteiger partial charge in [0.1, 0.15) is 12.4 Å². The lowest BCUT2D eigenvalue weighted by Crippen LogP contribution is -2.27. The average Bonchev–Trinajstić information content (AvgIpc) is 3.69. The van der Waals surface area contributed by atoms with Gasteiger partial charge >= 0.3 is 12.1 Å². The van der Waals surface area contributed by atoms with Crippen molar-refractivity contribution in [3.8, 4) is 28.2 Å². The van der Waals surface area contributed by atoms with Gasteiger partial charge in [-0.15, -0.1) is 5.10 Å². The molecule has 1 aliphatic rings. The molecule has 0 aliphatic carbocycles. The van der Waals surface area contributed by atoms with Gasteiger partial charge in [-0.05, 0) is 43.2 Å². The number of carboxylic acids is 1. The number of nitrogens with zero attached hydrogens (tertiary/aromatic N) is 8. The Kier molecular flexibility index (Phi) is 10.2. The molecule has 0 spiro atoms. The second-order valence-electron chi connectivity index (χ2n) is 11.1. The van der Waals surface area contributed by atoms with Gasteiger partial charge < -0.3 is 10.4 Å². The number of aliphatic carboxylic acids is 1. The highest BCUT2D eigenvalue weighted by Gasteiger charge is 2.38. The van der Waals surface area contributed by atoms with Crippen LogP contribution in [-0.2, 0) is 23.3 Å². The zero-order valence-electron chi connectivity index (χ0n) is 25.9. The Labute approximate surface area is 280 Å². The number of benzene rings is 1. The maximum atomic E-state index is 13.7. The van der Waals surface area contributed by atoms with Crippen molar-refractivity contribution in [3.63, 3.8) is 0 Å². The van der Waals surface area contributed by atoms with Crippen LogP contribution in [0.1, 0.15) is 43.6 Å². The van der Waals surface area contributed by atoms with Crippen LogP contribution in [0.4, 0.5) is 23.2 Å². The lowest BCUT2D eigenvalue weighted by atomic mass is 9.97. The highest BCUT2D eigenvalue weighted by atomic mass is 35.5. The Morgan fingerprint density at radius 1 is 1.12 bits per heavy atom. The number of aromatic nitrogens is 8. The summed E-state index contributed by atoms with van der Waals surface area (Å²) in [5.74, 6) is -3.08. The van der Waals surface area contributed by atoms with E-state index in [1.54, 1.807) is 39.8 Å². The molecule has 256 valence electrons. The van der Waals surface area contributed by atoms with E-state index < -0.39 is 24.9 Å². The van der Waals surface area contributed by atoms with Gasteiger partial charge in [-0.2, -0.15) is 18.3 Å². The van der Waals surface area contributed by atoms with E-state index in [1.807, 2.05) is 26.1 Å². The van der Waals surface area contributed by atoms with Crippen molar-refractivity contribution in [2.45, 2.75) is 45.1 Å². The molecular weight excluding hydrogens is 674 g/mol. The van der Waals surface area contributed by atoms with Crippen LogP contribution in [0.15, 0.2) is 66.1 Å². The number of hydrogen-bond donors (Lipinski definition) is 2. The van der Waals surface area contributed by atoms with Crippen LogP contribution < -0.4 is 10.9 Å². The molecule has 0 saturated carbocycles. The van der Waals surface area contributed by atoms with Crippen molar-refractivity contribution in [3.05, 3.63) is 88.1 Å². The quantitative estimate of drug-likeness (QED) is 0.234. The van der Waals surface area contributed by atoms with E-state index in [9.17, 15) is 27.2 Å². The molecule has 2 N–H and O–H groups in total. The minimum atomic E-state index is -5.08. The number of fused-ring (bicyclic) bond motifs is 4. The van der Waals surface area contributed by atoms with Crippen molar-refractivity contribution in [2.75, 3.05) is 5.32 Å². The van der Waals surface area contributed by atoms with Crippen LogP contribution in [0, 0.1) is 5.92 Å². The minimum Gasteiger partial charge on any atom is -0.475 e. The summed E-state index contributed by atoms with van der Waals surface area (Å²) in [6.07, 6.45) is 3.11. The van der Waals surface area contributed by atoms with Crippen molar-refractivity contribution in [2.24, 2.45) is 13.0 Å². The number of carbonyl (C=O) groups excluding carboxylic acids is 1. The molecule has 0 saturated heterocycles. The largest absolute Gasteiger partial charge is 0.490 e. The third-order valence-corrected chi connectivity index (χ3v) is 7.96. The molecule has 1 amide bonds. The number of pyridine rings is 1. The Morgan fingerprint density at radius 2 is 1.88 bits per heavy atom. The van der Waals surface area contributed by atoms with Crippen molar-refractivity contribution < 1.29 is 32.3 Å². The maximum Gasteiger partial charge on any atom is 0.490 e. The molecule has 13 nitrogen and oxygen atoms in total. The topological polar surface area (TPSA) is 163 Å². The van der Waals surface area contributed by atoms with Gasteiger partial charge in [-0.25, -0.2) is 18.9 Å². The lowest BCUT2D eigenvalue weighted by Gasteiger charge is -2.22. The van der Waals surface area contributed by atoms with Crippen LogP contribution in [0.5, 0.6) is 0 Å². The summed E-state index contributed by atoms with van der Waals surface area (Å²) >= 11 is 6.31. The summed E-state index contributed by atoms with van der Waals surface area (Å²) in [6.45, 7) is 1.14. The first-order valence-corrected chi connectivity index (χ1v) is 15.1. The predicted molar refractivity (Wildman–Crippen MR) is 169 cm³/mol. The van der Waals surface area contributed by atoms with Crippen LogP contribution in [-0.4, -0.2) is 62.5 Å². The van der Waals surface area contributed by atoms with E-state index >= 15 is 0 Å². The Morgan fingerprint density at radius 3 is 2.55 bits per heavy atom.